The zero-order valence-electron chi connectivity index (χ0n) is 13.9. The summed E-state index contributed by atoms with van der Waals surface area (Å²) in [7, 11) is 0. The summed E-state index contributed by atoms with van der Waals surface area (Å²) in [5.74, 6) is 0.692. The minimum absolute atomic E-state index is 0.323. The Labute approximate surface area is 134 Å². The zero-order valence-corrected chi connectivity index (χ0v) is 13.9. The van der Waals surface area contributed by atoms with Crippen LogP contribution in [0, 0.1) is 0 Å². The molecule has 1 fully saturated rings. The summed E-state index contributed by atoms with van der Waals surface area (Å²) in [5, 5.41) is 20.3. The highest BCUT2D eigenvalue weighted by atomic mass is 16.5. The summed E-state index contributed by atoms with van der Waals surface area (Å²) in [6, 6.07) is 7.40. The number of nitrogens with two attached hydrogens (primary N) is 1. The van der Waals surface area contributed by atoms with Crippen molar-refractivity contribution in [2.24, 2.45) is 5.73 Å². The molecule has 0 bridgehead atoms. The monoisotopic (exact) mass is 309 g/mol. The Morgan fingerprint density at radius 2 is 1.91 bits per heavy atom. The molecular formula is C18H31NO3. The van der Waals surface area contributed by atoms with E-state index >= 15 is 0 Å². The van der Waals surface area contributed by atoms with Gasteiger partial charge in [0.1, 0.15) is 12.4 Å². The molecule has 1 aromatic rings. The normalized spacial score (nSPS) is 18.0. The second kappa shape index (κ2) is 9.82. The summed E-state index contributed by atoms with van der Waals surface area (Å²) in [4.78, 5) is 0. The lowest BCUT2D eigenvalue weighted by Crippen LogP contribution is -2.37. The predicted octanol–water partition coefficient (Wildman–Crippen LogP) is 3.17. The molecule has 22 heavy (non-hydrogen) atoms. The Morgan fingerprint density at radius 3 is 2.55 bits per heavy atom. The van der Waals surface area contributed by atoms with Gasteiger partial charge in [0.15, 0.2) is 0 Å². The second-order valence-electron chi connectivity index (χ2n) is 5.74. The maximum absolute atomic E-state index is 10.4. The van der Waals surface area contributed by atoms with Crippen molar-refractivity contribution in [3.8, 4) is 5.75 Å². The molecule has 1 aliphatic carbocycles. The number of aliphatic hydroxyl groups is 2. The fourth-order valence-corrected chi connectivity index (χ4v) is 2.71. The fourth-order valence-electron chi connectivity index (χ4n) is 2.71. The Kier molecular flexibility index (Phi) is 8.46. The van der Waals surface area contributed by atoms with E-state index < -0.39 is 11.7 Å². The Morgan fingerprint density at radius 1 is 1.23 bits per heavy atom. The van der Waals surface area contributed by atoms with Gasteiger partial charge in [0, 0.05) is 0 Å². The van der Waals surface area contributed by atoms with Crippen molar-refractivity contribution in [3.63, 3.8) is 0 Å². The lowest BCUT2D eigenvalue weighted by Gasteiger charge is -2.31. The standard InChI is InChI=1S/C16H25NO3.C2H6/c17-10-7-15(18)13-5-4-6-14(11-13)20-12-16(19)8-2-1-3-9-16;1-2/h4-6,11,15,18-19H,1-3,7-10,12,17H2;1-2H3. The van der Waals surface area contributed by atoms with Crippen molar-refractivity contribution in [3.05, 3.63) is 29.8 Å². The molecule has 0 saturated heterocycles. The molecule has 0 aliphatic heterocycles. The molecule has 1 aliphatic rings. The van der Waals surface area contributed by atoms with E-state index in [2.05, 4.69) is 0 Å². The third-order valence-electron chi connectivity index (χ3n) is 3.97. The van der Waals surface area contributed by atoms with E-state index in [1.807, 2.05) is 38.1 Å². The highest BCUT2D eigenvalue weighted by Gasteiger charge is 2.29. The Hall–Kier alpha value is -1.10. The zero-order chi connectivity index (χ0) is 16.4. The van der Waals surface area contributed by atoms with Gasteiger partial charge in [-0.15, -0.1) is 0 Å². The third-order valence-corrected chi connectivity index (χ3v) is 3.97. The molecular weight excluding hydrogens is 278 g/mol. The Bertz CT molecular complexity index is 417. The molecule has 0 heterocycles. The number of hydrogen-bond donors (Lipinski definition) is 3. The van der Waals surface area contributed by atoms with Crippen molar-refractivity contribution in [2.75, 3.05) is 13.2 Å². The summed E-state index contributed by atoms with van der Waals surface area (Å²) < 4.78 is 5.73. The first-order chi connectivity index (χ1) is 10.6. The molecule has 1 saturated carbocycles. The van der Waals surface area contributed by atoms with Crippen molar-refractivity contribution in [1.82, 2.24) is 0 Å². The molecule has 0 aromatic heterocycles. The lowest BCUT2D eigenvalue weighted by molar-refractivity contribution is -0.0339. The maximum Gasteiger partial charge on any atom is 0.119 e. The van der Waals surface area contributed by atoms with Gasteiger partial charge in [0.2, 0.25) is 0 Å². The first-order valence-corrected chi connectivity index (χ1v) is 8.46. The van der Waals surface area contributed by atoms with Crippen LogP contribution in [0.1, 0.15) is 64.0 Å². The molecule has 126 valence electrons. The maximum atomic E-state index is 10.4. The highest BCUT2D eigenvalue weighted by Crippen LogP contribution is 2.29. The molecule has 4 heteroatoms. The number of benzene rings is 1. The molecule has 0 radical (unpaired) electrons. The molecule has 4 N–H and O–H groups in total. The van der Waals surface area contributed by atoms with Crippen LogP contribution in [0.25, 0.3) is 0 Å². The van der Waals surface area contributed by atoms with Crippen LogP contribution in [0.4, 0.5) is 0 Å². The van der Waals surface area contributed by atoms with E-state index in [1.165, 1.54) is 6.42 Å². The van der Waals surface area contributed by atoms with Crippen molar-refractivity contribution in [1.29, 1.82) is 0 Å². The highest BCUT2D eigenvalue weighted by molar-refractivity contribution is 5.30. The predicted molar refractivity (Wildman–Crippen MR) is 90.0 cm³/mol. The molecule has 1 unspecified atom stereocenters. The largest absolute Gasteiger partial charge is 0.491 e. The molecule has 0 amide bonds. The fraction of sp³-hybridized carbons (Fsp3) is 0.667. The van der Waals surface area contributed by atoms with E-state index in [9.17, 15) is 10.2 Å². The SMILES string of the molecule is CC.NCCC(O)c1cccc(OCC2(O)CCCCC2)c1. The number of hydrogen-bond acceptors (Lipinski definition) is 4. The number of rotatable bonds is 6. The van der Waals surface area contributed by atoms with Crippen LogP contribution in [-0.2, 0) is 0 Å². The average Bonchev–Trinajstić information content (AvgIpc) is 2.56. The second-order valence-corrected chi connectivity index (χ2v) is 5.74. The van der Waals surface area contributed by atoms with Gasteiger partial charge < -0.3 is 20.7 Å². The van der Waals surface area contributed by atoms with Crippen LogP contribution in [0.2, 0.25) is 0 Å². The summed E-state index contributed by atoms with van der Waals surface area (Å²) in [6.07, 6.45) is 4.92. The topological polar surface area (TPSA) is 75.7 Å². The lowest BCUT2D eigenvalue weighted by atomic mass is 9.85. The smallest absolute Gasteiger partial charge is 0.119 e. The third kappa shape index (κ3) is 5.95. The van der Waals surface area contributed by atoms with Gasteiger partial charge >= 0.3 is 0 Å². The van der Waals surface area contributed by atoms with Crippen molar-refractivity contribution < 1.29 is 14.9 Å². The van der Waals surface area contributed by atoms with Crippen LogP contribution < -0.4 is 10.5 Å². The van der Waals surface area contributed by atoms with Crippen molar-refractivity contribution >= 4 is 0 Å². The van der Waals surface area contributed by atoms with Gasteiger partial charge in [-0.2, -0.15) is 0 Å². The van der Waals surface area contributed by atoms with Crippen molar-refractivity contribution in [2.45, 2.75) is 64.1 Å². The van der Waals surface area contributed by atoms with Gasteiger partial charge in [-0.05, 0) is 43.5 Å². The van der Waals surface area contributed by atoms with Crippen LogP contribution in [-0.4, -0.2) is 29.0 Å². The minimum Gasteiger partial charge on any atom is -0.491 e. The van der Waals surface area contributed by atoms with Gasteiger partial charge in [-0.1, -0.05) is 45.2 Å². The number of ether oxygens (including phenoxy) is 1. The van der Waals surface area contributed by atoms with Gasteiger partial charge in [-0.3, -0.25) is 0 Å². The Balaban J connectivity index is 0.00000116. The van der Waals surface area contributed by atoms with E-state index in [0.29, 0.717) is 25.3 Å². The first kappa shape index (κ1) is 18.9. The van der Waals surface area contributed by atoms with Gasteiger partial charge in [-0.25, -0.2) is 0 Å². The van der Waals surface area contributed by atoms with Crippen LogP contribution >= 0.6 is 0 Å². The van der Waals surface area contributed by atoms with E-state index in [-0.39, 0.29) is 0 Å². The molecule has 0 spiro atoms. The molecule has 1 aromatic carbocycles. The van der Waals surface area contributed by atoms with E-state index in [0.717, 1.165) is 31.2 Å². The van der Waals surface area contributed by atoms with E-state index in [4.69, 9.17) is 10.5 Å². The summed E-state index contributed by atoms with van der Waals surface area (Å²) in [5.41, 5.74) is 5.57. The molecule has 4 nitrogen and oxygen atoms in total. The van der Waals surface area contributed by atoms with Gasteiger partial charge in [0.25, 0.3) is 0 Å². The van der Waals surface area contributed by atoms with Gasteiger partial charge in [0.05, 0.1) is 11.7 Å². The van der Waals surface area contributed by atoms with E-state index in [1.54, 1.807) is 0 Å². The minimum atomic E-state index is -0.690. The first-order valence-electron chi connectivity index (χ1n) is 8.46. The molecule has 1 atom stereocenters. The summed E-state index contributed by atoms with van der Waals surface area (Å²) in [6.45, 7) is 4.77. The quantitative estimate of drug-likeness (QED) is 0.754. The summed E-state index contributed by atoms with van der Waals surface area (Å²) >= 11 is 0. The molecule has 2 rings (SSSR count). The van der Waals surface area contributed by atoms with Crippen LogP contribution in [0.15, 0.2) is 24.3 Å². The van der Waals surface area contributed by atoms with Crippen LogP contribution in [0.3, 0.4) is 0 Å². The average molecular weight is 309 g/mol. The van der Waals surface area contributed by atoms with Crippen LogP contribution in [0.5, 0.6) is 5.75 Å². The number of aliphatic hydroxyl groups excluding tert-OH is 1.